The summed E-state index contributed by atoms with van der Waals surface area (Å²) >= 11 is 0. The molecule has 1 atom stereocenters. The average Bonchev–Trinajstić information content (AvgIpc) is 3.22. The monoisotopic (exact) mass is 376 g/mol. The predicted octanol–water partition coefficient (Wildman–Crippen LogP) is 0.863. The molecule has 0 aliphatic carbocycles. The quantitative estimate of drug-likeness (QED) is 0.762. The van der Waals surface area contributed by atoms with Crippen molar-refractivity contribution in [3.8, 4) is 0 Å². The number of rotatable bonds is 6. The largest absolute Gasteiger partial charge is 0.360 e. The fraction of sp³-hybridized carbons (Fsp3) is 0.529. The Bertz CT molecular complexity index is 793. The van der Waals surface area contributed by atoms with Gasteiger partial charge in [0.2, 0.25) is 11.8 Å². The van der Waals surface area contributed by atoms with Crippen LogP contribution in [0.3, 0.4) is 0 Å². The van der Waals surface area contributed by atoms with Gasteiger partial charge >= 0.3 is 0 Å². The van der Waals surface area contributed by atoms with Gasteiger partial charge in [0.25, 0.3) is 0 Å². The fourth-order valence-electron chi connectivity index (χ4n) is 2.94. The number of nitrogens with one attached hydrogen (secondary N) is 2. The van der Waals surface area contributed by atoms with Crippen LogP contribution in [0.25, 0.3) is 0 Å². The molecule has 2 amide bonds. The Balaban J connectivity index is 1.42. The second-order valence-corrected chi connectivity index (χ2v) is 6.67. The van der Waals surface area contributed by atoms with Gasteiger partial charge in [0.15, 0.2) is 11.6 Å². The first-order valence-corrected chi connectivity index (χ1v) is 8.84. The Kier molecular flexibility index (Phi) is 5.87. The van der Waals surface area contributed by atoms with Crippen molar-refractivity contribution in [1.82, 2.24) is 20.1 Å². The topological polar surface area (TPSA) is 117 Å². The van der Waals surface area contributed by atoms with Crippen molar-refractivity contribution < 1.29 is 18.6 Å². The Labute approximate surface area is 156 Å². The van der Waals surface area contributed by atoms with Crippen LogP contribution in [0.5, 0.6) is 0 Å². The Morgan fingerprint density at radius 3 is 2.11 bits per heavy atom. The summed E-state index contributed by atoms with van der Waals surface area (Å²) in [7, 11) is 0. The molecule has 1 unspecified atom stereocenters. The van der Waals surface area contributed by atoms with Gasteiger partial charge in [0.05, 0.1) is 12.6 Å². The van der Waals surface area contributed by atoms with Crippen LogP contribution < -0.4 is 10.6 Å². The zero-order chi connectivity index (χ0) is 19.4. The third-order valence-corrected chi connectivity index (χ3v) is 4.48. The highest BCUT2D eigenvalue weighted by Crippen LogP contribution is 2.12. The molecule has 3 rings (SSSR count). The zero-order valence-electron chi connectivity index (χ0n) is 15.7. The Morgan fingerprint density at radius 1 is 1.04 bits per heavy atom. The minimum atomic E-state index is -0.295. The molecule has 0 aromatic carbocycles. The molecule has 0 bridgehead atoms. The van der Waals surface area contributed by atoms with Gasteiger partial charge in [-0.2, -0.15) is 0 Å². The van der Waals surface area contributed by atoms with Crippen LogP contribution in [0.1, 0.15) is 18.4 Å². The number of amides is 2. The molecule has 1 saturated heterocycles. The Morgan fingerprint density at radius 2 is 1.59 bits per heavy atom. The van der Waals surface area contributed by atoms with Gasteiger partial charge in [-0.15, -0.1) is 0 Å². The van der Waals surface area contributed by atoms with Crippen molar-refractivity contribution in [2.75, 3.05) is 43.4 Å². The van der Waals surface area contributed by atoms with Crippen LogP contribution in [-0.2, 0) is 9.59 Å². The molecule has 0 saturated carbocycles. The van der Waals surface area contributed by atoms with Crippen LogP contribution in [0, 0.1) is 13.8 Å². The lowest BCUT2D eigenvalue weighted by Gasteiger charge is -2.36. The molecule has 2 aromatic rings. The van der Waals surface area contributed by atoms with E-state index in [1.807, 2.05) is 11.8 Å². The molecular formula is C17H24N6O4. The van der Waals surface area contributed by atoms with Gasteiger partial charge < -0.3 is 19.7 Å². The van der Waals surface area contributed by atoms with E-state index in [1.165, 1.54) is 0 Å². The number of hydrogen-bond donors (Lipinski definition) is 2. The highest BCUT2D eigenvalue weighted by atomic mass is 16.5. The zero-order valence-corrected chi connectivity index (χ0v) is 15.7. The van der Waals surface area contributed by atoms with E-state index in [9.17, 15) is 9.59 Å². The molecule has 2 aromatic heterocycles. The minimum absolute atomic E-state index is 0.129. The van der Waals surface area contributed by atoms with E-state index in [2.05, 4.69) is 25.8 Å². The summed E-state index contributed by atoms with van der Waals surface area (Å²) in [5.41, 5.74) is 0. The van der Waals surface area contributed by atoms with E-state index in [0.29, 0.717) is 49.3 Å². The van der Waals surface area contributed by atoms with Crippen molar-refractivity contribution in [2.24, 2.45) is 0 Å². The Hall–Kier alpha value is -2.72. The number of anilines is 2. The molecule has 1 aliphatic rings. The van der Waals surface area contributed by atoms with Crippen molar-refractivity contribution in [3.05, 3.63) is 23.7 Å². The SMILES string of the molecule is Cc1cc(NC(=O)CN2CCN(C(C)C(=O)Nc3cc(C)on3)CC2)no1. The van der Waals surface area contributed by atoms with Gasteiger partial charge in [-0.3, -0.25) is 19.4 Å². The second kappa shape index (κ2) is 8.31. The van der Waals surface area contributed by atoms with Crippen LogP contribution in [0.2, 0.25) is 0 Å². The number of aryl methyl sites for hydroxylation is 2. The third-order valence-electron chi connectivity index (χ3n) is 4.48. The smallest absolute Gasteiger partial charge is 0.242 e. The molecule has 2 N–H and O–H groups in total. The van der Waals surface area contributed by atoms with E-state index in [-0.39, 0.29) is 24.4 Å². The van der Waals surface area contributed by atoms with Crippen molar-refractivity contribution in [1.29, 1.82) is 0 Å². The summed E-state index contributed by atoms with van der Waals surface area (Å²) < 4.78 is 9.88. The molecule has 1 fully saturated rings. The van der Waals surface area contributed by atoms with Gasteiger partial charge in [-0.25, -0.2) is 0 Å². The van der Waals surface area contributed by atoms with Gasteiger partial charge in [-0.1, -0.05) is 10.3 Å². The maximum absolute atomic E-state index is 12.4. The van der Waals surface area contributed by atoms with Gasteiger partial charge in [0.1, 0.15) is 11.5 Å². The van der Waals surface area contributed by atoms with Crippen LogP contribution >= 0.6 is 0 Å². The van der Waals surface area contributed by atoms with Gasteiger partial charge in [-0.05, 0) is 20.8 Å². The number of carbonyl (C=O) groups excluding carboxylic acids is 2. The molecule has 1 aliphatic heterocycles. The molecule has 0 radical (unpaired) electrons. The number of carbonyl (C=O) groups is 2. The molecule has 146 valence electrons. The predicted molar refractivity (Wildman–Crippen MR) is 97.2 cm³/mol. The van der Waals surface area contributed by atoms with Crippen molar-refractivity contribution >= 4 is 23.5 Å². The number of hydrogen-bond acceptors (Lipinski definition) is 8. The first-order chi connectivity index (χ1) is 12.9. The highest BCUT2D eigenvalue weighted by molar-refractivity contribution is 5.93. The normalized spacial score (nSPS) is 16.9. The van der Waals surface area contributed by atoms with E-state index in [1.54, 1.807) is 26.0 Å². The molecular weight excluding hydrogens is 352 g/mol. The lowest BCUT2D eigenvalue weighted by Crippen LogP contribution is -2.53. The fourth-order valence-corrected chi connectivity index (χ4v) is 2.94. The van der Waals surface area contributed by atoms with Crippen molar-refractivity contribution in [2.45, 2.75) is 26.8 Å². The highest BCUT2D eigenvalue weighted by Gasteiger charge is 2.27. The first kappa shape index (κ1) is 19.1. The molecule has 0 spiro atoms. The van der Waals surface area contributed by atoms with E-state index < -0.39 is 0 Å². The summed E-state index contributed by atoms with van der Waals surface area (Å²) in [6.45, 7) is 8.47. The molecule has 3 heterocycles. The second-order valence-electron chi connectivity index (χ2n) is 6.67. The number of nitrogens with zero attached hydrogens (tertiary/aromatic N) is 4. The minimum Gasteiger partial charge on any atom is -0.360 e. The van der Waals surface area contributed by atoms with Gasteiger partial charge in [0, 0.05) is 38.3 Å². The van der Waals surface area contributed by atoms with E-state index >= 15 is 0 Å². The molecule has 10 heteroatoms. The maximum atomic E-state index is 12.4. The molecule has 27 heavy (non-hydrogen) atoms. The summed E-state index contributed by atoms with van der Waals surface area (Å²) in [6, 6.07) is 3.06. The number of aromatic nitrogens is 2. The maximum Gasteiger partial charge on any atom is 0.242 e. The molecule has 10 nitrogen and oxygen atoms in total. The number of piperazine rings is 1. The van der Waals surface area contributed by atoms with E-state index in [4.69, 9.17) is 9.05 Å². The first-order valence-electron chi connectivity index (χ1n) is 8.84. The average molecular weight is 376 g/mol. The van der Waals surface area contributed by atoms with Crippen molar-refractivity contribution in [3.63, 3.8) is 0 Å². The summed E-state index contributed by atoms with van der Waals surface area (Å²) in [5.74, 6) is 1.87. The lowest BCUT2D eigenvalue weighted by atomic mass is 10.2. The third kappa shape index (κ3) is 5.14. The van der Waals surface area contributed by atoms with E-state index in [0.717, 1.165) is 0 Å². The standard InChI is InChI=1S/C17H24N6O4/c1-11-8-14(20-26-11)18-16(24)10-22-4-6-23(7-5-22)13(3)17(25)19-15-9-12(2)27-21-15/h8-9,13H,4-7,10H2,1-3H3,(H,18,20,24)(H,19,21,25). The summed E-state index contributed by atoms with van der Waals surface area (Å²) in [6.07, 6.45) is 0. The van der Waals surface area contributed by atoms with Crippen LogP contribution in [-0.4, -0.2) is 70.7 Å². The van der Waals surface area contributed by atoms with Crippen LogP contribution in [0.15, 0.2) is 21.2 Å². The van der Waals surface area contributed by atoms with Crippen LogP contribution in [0.4, 0.5) is 11.6 Å². The lowest BCUT2D eigenvalue weighted by molar-refractivity contribution is -0.122. The summed E-state index contributed by atoms with van der Waals surface area (Å²) in [5, 5.41) is 13.0. The summed E-state index contributed by atoms with van der Waals surface area (Å²) in [4.78, 5) is 28.6.